The van der Waals surface area contributed by atoms with E-state index in [1.807, 2.05) is 67.8 Å². The second-order valence-electron chi connectivity index (χ2n) is 6.92. The van der Waals surface area contributed by atoms with Crippen molar-refractivity contribution in [2.45, 2.75) is 25.4 Å². The van der Waals surface area contributed by atoms with Gasteiger partial charge in [-0.3, -0.25) is 19.6 Å². The molecule has 1 N–H and O–H groups in total. The number of nitrogens with zero attached hydrogens (tertiary/aromatic N) is 2. The Hall–Kier alpha value is -3.41. The Kier molecular flexibility index (Phi) is 4.93. The van der Waals surface area contributed by atoms with E-state index in [9.17, 15) is 9.59 Å². The highest BCUT2D eigenvalue weighted by molar-refractivity contribution is 6.01. The topological polar surface area (TPSA) is 73.2 Å². The molecule has 6 heteroatoms. The SMILES string of the molecule is Cn1ccc(COc2ccc(-c3cccc(C4CCC(=O)NC4=O)c3)cc2)n1.[HH]. The Morgan fingerprint density at radius 1 is 1.14 bits per heavy atom. The third-order valence-corrected chi connectivity index (χ3v) is 4.87. The van der Waals surface area contributed by atoms with Crippen LogP contribution in [0.4, 0.5) is 0 Å². The van der Waals surface area contributed by atoms with E-state index in [-0.39, 0.29) is 19.2 Å². The molecule has 2 amide bonds. The van der Waals surface area contributed by atoms with Crippen LogP contribution in [0.3, 0.4) is 0 Å². The average Bonchev–Trinajstić information content (AvgIpc) is 3.12. The zero-order valence-electron chi connectivity index (χ0n) is 15.6. The van der Waals surface area contributed by atoms with Crippen LogP contribution in [0, 0.1) is 0 Å². The van der Waals surface area contributed by atoms with Crippen LogP contribution in [0.15, 0.2) is 60.8 Å². The number of ether oxygens (including phenoxy) is 1. The molecule has 1 fully saturated rings. The van der Waals surface area contributed by atoms with Gasteiger partial charge in [0.1, 0.15) is 12.4 Å². The van der Waals surface area contributed by atoms with Gasteiger partial charge in [0.25, 0.3) is 0 Å². The zero-order valence-corrected chi connectivity index (χ0v) is 15.6. The maximum atomic E-state index is 12.1. The predicted molar refractivity (Wildman–Crippen MR) is 107 cm³/mol. The number of carbonyl (C=O) groups excluding carboxylic acids is 2. The lowest BCUT2D eigenvalue weighted by molar-refractivity contribution is -0.134. The Morgan fingerprint density at radius 3 is 2.68 bits per heavy atom. The van der Waals surface area contributed by atoms with Gasteiger partial charge in [-0.1, -0.05) is 36.4 Å². The molecule has 4 rings (SSSR count). The Bertz CT molecular complexity index is 1010. The summed E-state index contributed by atoms with van der Waals surface area (Å²) in [4.78, 5) is 23.5. The van der Waals surface area contributed by atoms with E-state index in [1.54, 1.807) is 4.68 Å². The predicted octanol–water partition coefficient (Wildman–Crippen LogP) is 3.43. The first kappa shape index (κ1) is 18.0. The Balaban J connectivity index is 0.00000240. The van der Waals surface area contributed by atoms with E-state index in [0.29, 0.717) is 19.4 Å². The van der Waals surface area contributed by atoms with Gasteiger partial charge < -0.3 is 4.74 Å². The largest absolute Gasteiger partial charge is 0.487 e. The summed E-state index contributed by atoms with van der Waals surface area (Å²) < 4.78 is 7.53. The summed E-state index contributed by atoms with van der Waals surface area (Å²) in [6.07, 6.45) is 2.81. The van der Waals surface area contributed by atoms with Crippen molar-refractivity contribution in [3.05, 3.63) is 72.1 Å². The fourth-order valence-corrected chi connectivity index (χ4v) is 3.39. The number of hydrogen-bond donors (Lipinski definition) is 1. The van der Waals surface area contributed by atoms with Crippen molar-refractivity contribution in [1.29, 1.82) is 0 Å². The van der Waals surface area contributed by atoms with Gasteiger partial charge in [0, 0.05) is 21.1 Å². The first-order valence-corrected chi connectivity index (χ1v) is 9.24. The lowest BCUT2D eigenvalue weighted by Crippen LogP contribution is -2.39. The molecule has 1 aliphatic heterocycles. The number of piperidine rings is 1. The highest BCUT2D eigenvalue weighted by Crippen LogP contribution is 2.29. The molecule has 1 saturated heterocycles. The number of benzene rings is 2. The highest BCUT2D eigenvalue weighted by Gasteiger charge is 2.27. The molecule has 0 spiro atoms. The Labute approximate surface area is 164 Å². The third kappa shape index (κ3) is 3.96. The summed E-state index contributed by atoms with van der Waals surface area (Å²) in [7, 11) is 1.88. The average molecular weight is 377 g/mol. The Morgan fingerprint density at radius 2 is 1.96 bits per heavy atom. The van der Waals surface area contributed by atoms with Gasteiger partial charge in [0.2, 0.25) is 11.8 Å². The van der Waals surface area contributed by atoms with Crippen LogP contribution in [-0.4, -0.2) is 21.6 Å². The number of nitrogens with one attached hydrogen (secondary N) is 1. The van der Waals surface area contributed by atoms with Crippen LogP contribution < -0.4 is 10.1 Å². The molecule has 2 heterocycles. The van der Waals surface area contributed by atoms with Crippen LogP contribution in [0.2, 0.25) is 0 Å². The molecule has 0 saturated carbocycles. The molecule has 0 aliphatic carbocycles. The van der Waals surface area contributed by atoms with Gasteiger partial charge in [-0.05, 0) is 41.3 Å². The third-order valence-electron chi connectivity index (χ3n) is 4.87. The number of imide groups is 1. The summed E-state index contributed by atoms with van der Waals surface area (Å²) in [5.41, 5.74) is 3.87. The summed E-state index contributed by atoms with van der Waals surface area (Å²) in [5.74, 6) is 0.0831. The molecule has 144 valence electrons. The van der Waals surface area contributed by atoms with Crippen LogP contribution >= 0.6 is 0 Å². The smallest absolute Gasteiger partial charge is 0.234 e. The molecule has 2 aromatic carbocycles. The normalized spacial score (nSPS) is 16.7. The van der Waals surface area contributed by atoms with E-state index >= 15 is 0 Å². The minimum absolute atomic E-state index is 0. The highest BCUT2D eigenvalue weighted by atomic mass is 16.5. The lowest BCUT2D eigenvalue weighted by Gasteiger charge is -2.21. The van der Waals surface area contributed by atoms with Crippen molar-refractivity contribution in [2.75, 3.05) is 0 Å². The molecule has 6 nitrogen and oxygen atoms in total. The maximum absolute atomic E-state index is 12.1. The minimum atomic E-state index is -0.279. The standard InChI is InChI=1S/C22H21N3O3.H2/c1-25-12-11-18(24-25)14-28-19-7-5-15(6-8-19)16-3-2-4-17(13-16)20-9-10-21(26)23-22(20)27;/h2-8,11-13,20H,9-10,14H2,1H3,(H,23,26,27);1H. The first-order chi connectivity index (χ1) is 13.6. The number of rotatable bonds is 5. The van der Waals surface area contributed by atoms with Crippen molar-refractivity contribution in [2.24, 2.45) is 7.05 Å². The molecule has 1 aliphatic rings. The van der Waals surface area contributed by atoms with Crippen LogP contribution in [0.5, 0.6) is 5.75 Å². The monoisotopic (exact) mass is 377 g/mol. The van der Waals surface area contributed by atoms with Crippen molar-refractivity contribution in [1.82, 2.24) is 15.1 Å². The fourth-order valence-electron chi connectivity index (χ4n) is 3.39. The van der Waals surface area contributed by atoms with Crippen molar-refractivity contribution in [3.8, 4) is 16.9 Å². The van der Waals surface area contributed by atoms with Crippen molar-refractivity contribution in [3.63, 3.8) is 0 Å². The van der Waals surface area contributed by atoms with Gasteiger partial charge in [0.15, 0.2) is 0 Å². The molecule has 28 heavy (non-hydrogen) atoms. The molecule has 1 unspecified atom stereocenters. The van der Waals surface area contributed by atoms with Gasteiger partial charge in [0.05, 0.1) is 11.6 Å². The van der Waals surface area contributed by atoms with Crippen molar-refractivity contribution < 1.29 is 15.8 Å². The van der Waals surface area contributed by atoms with E-state index in [4.69, 9.17) is 4.74 Å². The molecule has 0 bridgehead atoms. The molecule has 3 aromatic rings. The summed E-state index contributed by atoms with van der Waals surface area (Å²) in [6, 6.07) is 17.7. The number of carbonyl (C=O) groups is 2. The zero-order chi connectivity index (χ0) is 19.5. The van der Waals surface area contributed by atoms with E-state index < -0.39 is 0 Å². The van der Waals surface area contributed by atoms with Gasteiger partial charge >= 0.3 is 0 Å². The van der Waals surface area contributed by atoms with E-state index in [0.717, 1.165) is 28.1 Å². The fraction of sp³-hybridized carbons (Fsp3) is 0.227. The number of aromatic nitrogens is 2. The van der Waals surface area contributed by atoms with E-state index in [1.165, 1.54) is 0 Å². The number of hydrogen-bond acceptors (Lipinski definition) is 4. The maximum Gasteiger partial charge on any atom is 0.234 e. The second-order valence-corrected chi connectivity index (χ2v) is 6.92. The second kappa shape index (κ2) is 7.68. The molecular formula is C22H23N3O3. The van der Waals surface area contributed by atoms with Crippen LogP contribution in [0.25, 0.3) is 11.1 Å². The lowest BCUT2D eigenvalue weighted by atomic mass is 9.89. The van der Waals surface area contributed by atoms with Crippen LogP contribution in [-0.2, 0) is 23.2 Å². The quantitative estimate of drug-likeness (QED) is 0.692. The van der Waals surface area contributed by atoms with Crippen LogP contribution in [0.1, 0.15) is 31.4 Å². The molecule has 1 atom stereocenters. The van der Waals surface area contributed by atoms with Crippen molar-refractivity contribution >= 4 is 11.8 Å². The first-order valence-electron chi connectivity index (χ1n) is 9.24. The summed E-state index contributed by atoms with van der Waals surface area (Å²) >= 11 is 0. The summed E-state index contributed by atoms with van der Waals surface area (Å²) in [5, 5.41) is 6.72. The van der Waals surface area contributed by atoms with E-state index in [2.05, 4.69) is 10.4 Å². The summed E-state index contributed by atoms with van der Waals surface area (Å²) in [6.45, 7) is 0.422. The molecule has 1 aromatic heterocycles. The number of amides is 2. The number of aryl methyl sites for hydroxylation is 1. The minimum Gasteiger partial charge on any atom is -0.487 e. The van der Waals surface area contributed by atoms with Gasteiger partial charge in [-0.25, -0.2) is 0 Å². The van der Waals surface area contributed by atoms with Gasteiger partial charge in [-0.15, -0.1) is 0 Å². The molecule has 0 radical (unpaired) electrons. The van der Waals surface area contributed by atoms with Gasteiger partial charge in [-0.2, -0.15) is 5.10 Å². The molecular weight excluding hydrogens is 354 g/mol.